The lowest BCUT2D eigenvalue weighted by Crippen LogP contribution is -2.36. The zero-order chi connectivity index (χ0) is 13.0. The second kappa shape index (κ2) is 6.33. The van der Waals surface area contributed by atoms with E-state index in [2.05, 4.69) is 43.2 Å². The Balaban J connectivity index is 2.11. The average molecular weight is 246 g/mol. The molecule has 0 fully saturated rings. The lowest BCUT2D eigenvalue weighted by Gasteiger charge is -2.26. The van der Waals surface area contributed by atoms with Gasteiger partial charge >= 0.3 is 0 Å². The number of rotatable bonds is 6. The molecule has 0 saturated heterocycles. The van der Waals surface area contributed by atoms with Gasteiger partial charge in [0.05, 0.1) is 0 Å². The standard InChI is InChI=1S/C16H26N2/c1-4-9-17-15(11-12(2)3)14-8-7-13-6-5-10-18-16(13)14/h5-6,10,12,14-15,17H,4,7-9,11H2,1-3H3. The summed E-state index contributed by atoms with van der Waals surface area (Å²) in [5.74, 6) is 1.36. The molecule has 2 rings (SSSR count). The van der Waals surface area contributed by atoms with Crippen molar-refractivity contribution in [2.45, 2.75) is 58.4 Å². The quantitative estimate of drug-likeness (QED) is 0.830. The Morgan fingerprint density at radius 2 is 2.28 bits per heavy atom. The Morgan fingerprint density at radius 1 is 1.44 bits per heavy atom. The summed E-state index contributed by atoms with van der Waals surface area (Å²) in [5.41, 5.74) is 2.82. The molecule has 1 heterocycles. The van der Waals surface area contributed by atoms with E-state index in [0.717, 1.165) is 12.5 Å². The molecule has 1 aromatic rings. The molecule has 1 N–H and O–H groups in total. The summed E-state index contributed by atoms with van der Waals surface area (Å²) >= 11 is 0. The van der Waals surface area contributed by atoms with E-state index in [4.69, 9.17) is 0 Å². The third-order valence-electron chi connectivity index (χ3n) is 3.87. The van der Waals surface area contributed by atoms with Crippen molar-refractivity contribution in [3.63, 3.8) is 0 Å². The minimum atomic E-state index is 0.598. The van der Waals surface area contributed by atoms with Gasteiger partial charge in [0, 0.05) is 23.9 Å². The van der Waals surface area contributed by atoms with Gasteiger partial charge in [-0.2, -0.15) is 0 Å². The fourth-order valence-electron chi connectivity index (χ4n) is 3.06. The molecule has 2 unspecified atom stereocenters. The molecule has 0 aromatic carbocycles. The Hall–Kier alpha value is -0.890. The van der Waals surface area contributed by atoms with Crippen LogP contribution in [0, 0.1) is 5.92 Å². The van der Waals surface area contributed by atoms with Crippen molar-refractivity contribution in [1.29, 1.82) is 0 Å². The van der Waals surface area contributed by atoms with Crippen molar-refractivity contribution in [3.05, 3.63) is 29.6 Å². The van der Waals surface area contributed by atoms with Crippen LogP contribution < -0.4 is 5.32 Å². The van der Waals surface area contributed by atoms with Crippen LogP contribution in [0.1, 0.15) is 57.2 Å². The predicted octanol–water partition coefficient (Wildman–Crippen LogP) is 3.53. The second-order valence-corrected chi connectivity index (χ2v) is 5.88. The van der Waals surface area contributed by atoms with Crippen molar-refractivity contribution in [2.75, 3.05) is 6.54 Å². The van der Waals surface area contributed by atoms with Crippen LogP contribution in [0.4, 0.5) is 0 Å². The Bertz CT molecular complexity index is 373. The molecule has 0 amide bonds. The second-order valence-electron chi connectivity index (χ2n) is 5.88. The molecule has 1 aromatic heterocycles. The Labute approximate surface area is 111 Å². The van der Waals surface area contributed by atoms with Gasteiger partial charge in [0.15, 0.2) is 0 Å². The van der Waals surface area contributed by atoms with Crippen LogP contribution >= 0.6 is 0 Å². The van der Waals surface area contributed by atoms with Crippen molar-refractivity contribution in [3.8, 4) is 0 Å². The third-order valence-corrected chi connectivity index (χ3v) is 3.87. The minimum Gasteiger partial charge on any atom is -0.313 e. The summed E-state index contributed by atoms with van der Waals surface area (Å²) in [4.78, 5) is 4.64. The molecule has 0 radical (unpaired) electrons. The van der Waals surface area contributed by atoms with E-state index in [0.29, 0.717) is 12.0 Å². The van der Waals surface area contributed by atoms with Crippen LogP contribution in [0.3, 0.4) is 0 Å². The van der Waals surface area contributed by atoms with Crippen molar-refractivity contribution in [1.82, 2.24) is 10.3 Å². The number of hydrogen-bond donors (Lipinski definition) is 1. The largest absolute Gasteiger partial charge is 0.313 e. The van der Waals surface area contributed by atoms with Crippen molar-refractivity contribution < 1.29 is 0 Å². The van der Waals surface area contributed by atoms with Crippen LogP contribution in [0.2, 0.25) is 0 Å². The summed E-state index contributed by atoms with van der Waals surface area (Å²) in [7, 11) is 0. The third kappa shape index (κ3) is 3.11. The highest BCUT2D eigenvalue weighted by Crippen LogP contribution is 2.35. The zero-order valence-corrected chi connectivity index (χ0v) is 11.9. The topological polar surface area (TPSA) is 24.9 Å². The minimum absolute atomic E-state index is 0.598. The fourth-order valence-corrected chi connectivity index (χ4v) is 3.06. The Kier molecular flexibility index (Phi) is 4.76. The SMILES string of the molecule is CCCNC(CC(C)C)C1CCc2cccnc21. The molecule has 2 nitrogen and oxygen atoms in total. The molecule has 100 valence electrons. The first kappa shape index (κ1) is 13.5. The molecule has 0 aliphatic heterocycles. The number of aromatic nitrogens is 1. The molecular weight excluding hydrogens is 220 g/mol. The number of pyridine rings is 1. The first-order chi connectivity index (χ1) is 8.72. The number of nitrogens with zero attached hydrogens (tertiary/aromatic N) is 1. The molecule has 0 spiro atoms. The van der Waals surface area contributed by atoms with Gasteiger partial charge in [0.2, 0.25) is 0 Å². The van der Waals surface area contributed by atoms with Gasteiger partial charge < -0.3 is 5.32 Å². The summed E-state index contributed by atoms with van der Waals surface area (Å²) in [6.07, 6.45) is 6.87. The van der Waals surface area contributed by atoms with E-state index in [-0.39, 0.29) is 0 Å². The van der Waals surface area contributed by atoms with Crippen molar-refractivity contribution in [2.24, 2.45) is 5.92 Å². The molecule has 2 atom stereocenters. The van der Waals surface area contributed by atoms with Gasteiger partial charge in [0.1, 0.15) is 0 Å². The fraction of sp³-hybridized carbons (Fsp3) is 0.688. The number of hydrogen-bond acceptors (Lipinski definition) is 2. The predicted molar refractivity (Wildman–Crippen MR) is 76.8 cm³/mol. The highest BCUT2D eigenvalue weighted by atomic mass is 14.9. The smallest absolute Gasteiger partial charge is 0.0482 e. The molecule has 18 heavy (non-hydrogen) atoms. The molecular formula is C16H26N2. The van der Waals surface area contributed by atoms with E-state index >= 15 is 0 Å². The lowest BCUT2D eigenvalue weighted by atomic mass is 9.90. The summed E-state index contributed by atoms with van der Waals surface area (Å²) in [6.45, 7) is 7.99. The molecule has 1 aliphatic rings. The van der Waals surface area contributed by atoms with Crippen LogP contribution in [0.25, 0.3) is 0 Å². The number of aryl methyl sites for hydroxylation is 1. The van der Waals surface area contributed by atoms with E-state index < -0.39 is 0 Å². The molecule has 0 bridgehead atoms. The monoisotopic (exact) mass is 246 g/mol. The Morgan fingerprint density at radius 3 is 3.00 bits per heavy atom. The van der Waals surface area contributed by atoms with Gasteiger partial charge in [-0.15, -0.1) is 0 Å². The zero-order valence-electron chi connectivity index (χ0n) is 11.9. The summed E-state index contributed by atoms with van der Waals surface area (Å²) < 4.78 is 0. The number of fused-ring (bicyclic) bond motifs is 1. The maximum atomic E-state index is 4.64. The summed E-state index contributed by atoms with van der Waals surface area (Å²) in [5, 5.41) is 3.74. The number of nitrogens with one attached hydrogen (secondary N) is 1. The van der Waals surface area contributed by atoms with Gasteiger partial charge in [-0.1, -0.05) is 26.8 Å². The van der Waals surface area contributed by atoms with E-state index in [1.165, 1.54) is 36.9 Å². The normalized spacial score (nSPS) is 20.1. The average Bonchev–Trinajstić information content (AvgIpc) is 2.78. The van der Waals surface area contributed by atoms with Crippen LogP contribution in [-0.2, 0) is 6.42 Å². The van der Waals surface area contributed by atoms with E-state index in [1.807, 2.05) is 6.20 Å². The molecule has 2 heteroatoms. The maximum Gasteiger partial charge on any atom is 0.0482 e. The first-order valence-electron chi connectivity index (χ1n) is 7.39. The lowest BCUT2D eigenvalue weighted by molar-refractivity contribution is 0.359. The summed E-state index contributed by atoms with van der Waals surface area (Å²) in [6, 6.07) is 4.91. The first-order valence-corrected chi connectivity index (χ1v) is 7.39. The highest BCUT2D eigenvalue weighted by molar-refractivity contribution is 5.30. The van der Waals surface area contributed by atoms with Gasteiger partial charge in [-0.05, 0) is 49.8 Å². The van der Waals surface area contributed by atoms with Crippen molar-refractivity contribution >= 4 is 0 Å². The molecule has 0 saturated carbocycles. The van der Waals surface area contributed by atoms with Gasteiger partial charge in [0.25, 0.3) is 0 Å². The van der Waals surface area contributed by atoms with Crippen LogP contribution in [-0.4, -0.2) is 17.6 Å². The molecule has 1 aliphatic carbocycles. The van der Waals surface area contributed by atoms with Crippen LogP contribution in [0.15, 0.2) is 18.3 Å². The van der Waals surface area contributed by atoms with Crippen LogP contribution in [0.5, 0.6) is 0 Å². The van der Waals surface area contributed by atoms with Gasteiger partial charge in [-0.25, -0.2) is 0 Å². The highest BCUT2D eigenvalue weighted by Gasteiger charge is 2.30. The maximum absolute atomic E-state index is 4.64. The van der Waals surface area contributed by atoms with E-state index in [1.54, 1.807) is 0 Å². The van der Waals surface area contributed by atoms with Gasteiger partial charge in [-0.3, -0.25) is 4.98 Å². The van der Waals surface area contributed by atoms with E-state index in [9.17, 15) is 0 Å².